The van der Waals surface area contributed by atoms with Gasteiger partial charge in [-0.1, -0.05) is 6.92 Å². The van der Waals surface area contributed by atoms with Crippen LogP contribution in [0.15, 0.2) is 0 Å². The maximum Gasteiger partial charge on any atom is 0.415 e. The van der Waals surface area contributed by atoms with E-state index >= 15 is 0 Å². The summed E-state index contributed by atoms with van der Waals surface area (Å²) < 4.78 is 40.5. The minimum atomic E-state index is -4.63. The van der Waals surface area contributed by atoms with Crippen LogP contribution in [0.5, 0.6) is 0 Å². The van der Waals surface area contributed by atoms with Crippen molar-refractivity contribution in [3.05, 3.63) is 0 Å². The van der Waals surface area contributed by atoms with Crippen molar-refractivity contribution in [3.63, 3.8) is 0 Å². The molecule has 16 heavy (non-hydrogen) atoms. The van der Waals surface area contributed by atoms with Gasteiger partial charge in [-0.3, -0.25) is 4.79 Å². The molecule has 0 saturated carbocycles. The maximum atomic E-state index is 12.0. The molecule has 1 atom stereocenters. The van der Waals surface area contributed by atoms with Crippen LogP contribution in [0, 0.1) is 0 Å². The molecule has 0 amide bonds. The quantitative estimate of drug-likeness (QED) is 0.701. The molecule has 0 bridgehead atoms. The number of methoxy groups -OCH3 is 1. The molecule has 0 aliphatic carbocycles. The number of esters is 1. The van der Waals surface area contributed by atoms with Crippen molar-refractivity contribution in [1.82, 2.24) is 4.90 Å². The fourth-order valence-corrected chi connectivity index (χ4v) is 1.08. The Kier molecular flexibility index (Phi) is 6.35. The largest absolute Gasteiger partial charge is 0.469 e. The van der Waals surface area contributed by atoms with E-state index in [9.17, 15) is 18.0 Å². The molecular formula is C9H16F3NO3. The van der Waals surface area contributed by atoms with Crippen molar-refractivity contribution in [2.24, 2.45) is 0 Å². The molecule has 0 aromatic heterocycles. The lowest BCUT2D eigenvalue weighted by Gasteiger charge is -2.24. The first-order chi connectivity index (χ1) is 7.31. The molecule has 0 heterocycles. The predicted octanol–water partition coefficient (Wildman–Crippen LogP) is 0.795. The Morgan fingerprint density at radius 2 is 2.06 bits per heavy atom. The van der Waals surface area contributed by atoms with Gasteiger partial charge in [-0.25, -0.2) is 0 Å². The number of aliphatic hydroxyl groups is 1. The lowest BCUT2D eigenvalue weighted by Crippen LogP contribution is -2.41. The second-order valence-corrected chi connectivity index (χ2v) is 3.28. The first kappa shape index (κ1) is 15.2. The highest BCUT2D eigenvalue weighted by Crippen LogP contribution is 2.20. The molecule has 0 aromatic rings. The smallest absolute Gasteiger partial charge is 0.415 e. The van der Waals surface area contributed by atoms with E-state index in [0.29, 0.717) is 6.54 Å². The number of nitrogens with zero attached hydrogens (tertiary/aromatic N) is 1. The van der Waals surface area contributed by atoms with Gasteiger partial charge in [-0.15, -0.1) is 0 Å². The second kappa shape index (κ2) is 6.70. The Balaban J connectivity index is 4.05. The van der Waals surface area contributed by atoms with Crippen molar-refractivity contribution < 1.29 is 27.8 Å². The number of hydrogen-bond acceptors (Lipinski definition) is 4. The third kappa shape index (κ3) is 5.92. The van der Waals surface area contributed by atoms with E-state index < -0.39 is 24.8 Å². The van der Waals surface area contributed by atoms with Gasteiger partial charge in [0.15, 0.2) is 6.10 Å². The molecule has 0 aromatic carbocycles. The van der Waals surface area contributed by atoms with E-state index in [0.717, 1.165) is 0 Å². The zero-order chi connectivity index (χ0) is 12.8. The average molecular weight is 243 g/mol. The highest BCUT2D eigenvalue weighted by molar-refractivity contribution is 5.69. The zero-order valence-electron chi connectivity index (χ0n) is 9.25. The highest BCUT2D eigenvalue weighted by atomic mass is 19.4. The van der Waals surface area contributed by atoms with Gasteiger partial charge in [0.1, 0.15) is 0 Å². The van der Waals surface area contributed by atoms with E-state index in [4.69, 9.17) is 5.11 Å². The summed E-state index contributed by atoms with van der Waals surface area (Å²) in [4.78, 5) is 12.1. The minimum Gasteiger partial charge on any atom is -0.469 e. The third-order valence-corrected chi connectivity index (χ3v) is 2.12. The summed E-state index contributed by atoms with van der Waals surface area (Å²) in [5.41, 5.74) is 0. The molecule has 0 saturated heterocycles. The van der Waals surface area contributed by atoms with Crippen LogP contribution in [0.25, 0.3) is 0 Å². The van der Waals surface area contributed by atoms with Gasteiger partial charge < -0.3 is 14.7 Å². The number of halogens is 3. The molecule has 0 aliphatic rings. The molecule has 1 N–H and O–H groups in total. The molecule has 4 nitrogen and oxygen atoms in total. The highest BCUT2D eigenvalue weighted by Gasteiger charge is 2.38. The molecule has 96 valence electrons. The Hall–Kier alpha value is -0.820. The summed E-state index contributed by atoms with van der Waals surface area (Å²) in [7, 11) is 1.21. The van der Waals surface area contributed by atoms with Gasteiger partial charge in [-0.05, 0) is 6.54 Å². The Labute approximate surface area is 92.0 Å². The van der Waals surface area contributed by atoms with Crippen LogP contribution in [0.2, 0.25) is 0 Å². The Morgan fingerprint density at radius 3 is 2.44 bits per heavy atom. The summed E-state index contributed by atoms with van der Waals surface area (Å²) in [6.07, 6.45) is -7.00. The summed E-state index contributed by atoms with van der Waals surface area (Å²) >= 11 is 0. The number of rotatable bonds is 6. The number of alkyl halides is 3. The van der Waals surface area contributed by atoms with E-state index in [2.05, 4.69) is 4.74 Å². The molecule has 0 fully saturated rings. The summed E-state index contributed by atoms with van der Waals surface area (Å²) in [5, 5.41) is 8.83. The van der Waals surface area contributed by atoms with Crippen molar-refractivity contribution in [2.75, 3.05) is 26.7 Å². The van der Waals surface area contributed by atoms with Gasteiger partial charge in [-0.2, -0.15) is 13.2 Å². The van der Waals surface area contributed by atoms with Gasteiger partial charge >= 0.3 is 12.1 Å². The molecule has 7 heteroatoms. The van der Waals surface area contributed by atoms with E-state index in [1.807, 2.05) is 0 Å². The van der Waals surface area contributed by atoms with Gasteiger partial charge in [0.2, 0.25) is 0 Å². The Morgan fingerprint density at radius 1 is 1.50 bits per heavy atom. The fraction of sp³-hybridized carbons (Fsp3) is 0.889. The van der Waals surface area contributed by atoms with Crippen LogP contribution in [0.4, 0.5) is 13.2 Å². The van der Waals surface area contributed by atoms with E-state index in [1.54, 1.807) is 6.92 Å². The number of likely N-dealkylation sites (N-methyl/N-ethyl adjacent to an activating group) is 1. The zero-order valence-corrected chi connectivity index (χ0v) is 9.25. The van der Waals surface area contributed by atoms with Crippen molar-refractivity contribution in [3.8, 4) is 0 Å². The van der Waals surface area contributed by atoms with Crippen LogP contribution in [0.3, 0.4) is 0 Å². The molecule has 0 rings (SSSR count). The van der Waals surface area contributed by atoms with Crippen molar-refractivity contribution in [1.29, 1.82) is 0 Å². The fourth-order valence-electron chi connectivity index (χ4n) is 1.08. The molecule has 0 aliphatic heterocycles. The van der Waals surface area contributed by atoms with Crippen molar-refractivity contribution in [2.45, 2.75) is 25.6 Å². The molecule has 0 spiro atoms. The van der Waals surface area contributed by atoms with Gasteiger partial charge in [0.25, 0.3) is 0 Å². The van der Waals surface area contributed by atoms with Gasteiger partial charge in [0.05, 0.1) is 13.5 Å². The second-order valence-electron chi connectivity index (χ2n) is 3.28. The summed E-state index contributed by atoms with van der Waals surface area (Å²) in [6, 6.07) is 0. The number of hydrogen-bond donors (Lipinski definition) is 1. The van der Waals surface area contributed by atoms with E-state index in [-0.39, 0.29) is 13.0 Å². The lowest BCUT2D eigenvalue weighted by atomic mass is 10.3. The lowest BCUT2D eigenvalue weighted by molar-refractivity contribution is -0.208. The topological polar surface area (TPSA) is 49.8 Å². The molecular weight excluding hydrogens is 227 g/mol. The standard InChI is InChI=1S/C9H16F3NO3/c1-3-13(5-4-8(15)16-2)6-7(14)9(10,11)12/h7,14H,3-6H2,1-2H3. The number of carbonyl (C=O) groups excluding carboxylic acids is 1. The minimum absolute atomic E-state index is 0.00885. The Bertz CT molecular complexity index is 221. The SMILES string of the molecule is CCN(CCC(=O)OC)CC(O)C(F)(F)F. The summed E-state index contributed by atoms with van der Waals surface area (Å²) in [5.74, 6) is -0.486. The van der Waals surface area contributed by atoms with Crippen LogP contribution >= 0.6 is 0 Å². The first-order valence-electron chi connectivity index (χ1n) is 4.85. The van der Waals surface area contributed by atoms with Crippen LogP contribution in [-0.4, -0.2) is 55.0 Å². The summed E-state index contributed by atoms with van der Waals surface area (Å²) in [6.45, 7) is 1.58. The first-order valence-corrected chi connectivity index (χ1v) is 4.85. The number of carbonyl (C=O) groups is 1. The number of aliphatic hydroxyl groups excluding tert-OH is 1. The van der Waals surface area contributed by atoms with Crippen LogP contribution < -0.4 is 0 Å². The maximum absolute atomic E-state index is 12.0. The predicted molar refractivity (Wildman–Crippen MR) is 50.8 cm³/mol. The molecule has 0 radical (unpaired) electrons. The third-order valence-electron chi connectivity index (χ3n) is 2.12. The normalized spacial score (nSPS) is 13.9. The van der Waals surface area contributed by atoms with Crippen LogP contribution in [0.1, 0.15) is 13.3 Å². The van der Waals surface area contributed by atoms with E-state index in [1.165, 1.54) is 12.0 Å². The molecule has 1 unspecified atom stereocenters. The average Bonchev–Trinajstić information content (AvgIpc) is 2.21. The number of ether oxygens (including phenoxy) is 1. The van der Waals surface area contributed by atoms with Gasteiger partial charge in [0, 0.05) is 13.1 Å². The monoisotopic (exact) mass is 243 g/mol. The van der Waals surface area contributed by atoms with Crippen LogP contribution in [-0.2, 0) is 9.53 Å². The van der Waals surface area contributed by atoms with Crippen molar-refractivity contribution >= 4 is 5.97 Å².